The second-order valence-electron chi connectivity index (χ2n) is 5.71. The molecule has 1 aliphatic rings. The van der Waals surface area contributed by atoms with Crippen LogP contribution in [0.4, 0.5) is 0 Å². The predicted octanol–water partition coefficient (Wildman–Crippen LogP) is 3.43. The highest BCUT2D eigenvalue weighted by atomic mass is 16.6. The van der Waals surface area contributed by atoms with Gasteiger partial charge in [-0.2, -0.15) is 0 Å². The fraction of sp³-hybridized carbons (Fsp3) is 0.263. The van der Waals surface area contributed by atoms with Crippen molar-refractivity contribution in [3.8, 4) is 0 Å². The van der Waals surface area contributed by atoms with Gasteiger partial charge >= 0.3 is 0 Å². The van der Waals surface area contributed by atoms with E-state index < -0.39 is 0 Å². The van der Waals surface area contributed by atoms with Crippen LogP contribution in [0.5, 0.6) is 0 Å². The third-order valence-electron chi connectivity index (χ3n) is 4.35. The summed E-state index contributed by atoms with van der Waals surface area (Å²) >= 11 is 0. The van der Waals surface area contributed by atoms with Crippen molar-refractivity contribution in [2.75, 3.05) is 14.2 Å². The van der Waals surface area contributed by atoms with E-state index in [2.05, 4.69) is 28.2 Å². The SMILES string of the molecule is CO/N=C/c1ccc(C(=O)N(C)C2CCc3ccccc32)cc1. The lowest BCUT2D eigenvalue weighted by molar-refractivity contribution is 0.0730. The topological polar surface area (TPSA) is 41.9 Å². The van der Waals surface area contributed by atoms with Crippen molar-refractivity contribution in [3.05, 3.63) is 70.8 Å². The number of nitrogens with zero attached hydrogens (tertiary/aromatic N) is 2. The van der Waals surface area contributed by atoms with Gasteiger partial charge in [0, 0.05) is 12.6 Å². The summed E-state index contributed by atoms with van der Waals surface area (Å²) in [5.41, 5.74) is 4.21. The van der Waals surface area contributed by atoms with Gasteiger partial charge in [-0.15, -0.1) is 0 Å². The van der Waals surface area contributed by atoms with Crippen LogP contribution in [0.15, 0.2) is 53.7 Å². The maximum atomic E-state index is 12.7. The average molecular weight is 308 g/mol. The third-order valence-corrected chi connectivity index (χ3v) is 4.35. The molecular formula is C19H20N2O2. The zero-order chi connectivity index (χ0) is 16.2. The Labute approximate surface area is 136 Å². The average Bonchev–Trinajstić information content (AvgIpc) is 3.03. The number of carbonyl (C=O) groups is 1. The van der Waals surface area contributed by atoms with Crippen molar-refractivity contribution in [3.63, 3.8) is 0 Å². The van der Waals surface area contributed by atoms with E-state index in [1.807, 2.05) is 42.3 Å². The first kappa shape index (κ1) is 15.3. The van der Waals surface area contributed by atoms with E-state index in [-0.39, 0.29) is 11.9 Å². The van der Waals surface area contributed by atoms with Gasteiger partial charge in [0.2, 0.25) is 0 Å². The smallest absolute Gasteiger partial charge is 0.254 e. The van der Waals surface area contributed by atoms with Gasteiger partial charge in [-0.3, -0.25) is 4.79 Å². The molecular weight excluding hydrogens is 288 g/mol. The monoisotopic (exact) mass is 308 g/mol. The molecule has 3 rings (SSSR count). The molecule has 1 amide bonds. The minimum atomic E-state index is 0.0435. The molecule has 1 atom stereocenters. The number of benzene rings is 2. The second kappa shape index (κ2) is 6.65. The fourth-order valence-electron chi connectivity index (χ4n) is 3.11. The van der Waals surface area contributed by atoms with Crippen LogP contribution in [0, 0.1) is 0 Å². The lowest BCUT2D eigenvalue weighted by Crippen LogP contribution is -2.30. The van der Waals surface area contributed by atoms with E-state index in [9.17, 15) is 4.79 Å². The molecule has 0 radical (unpaired) electrons. The molecule has 2 aromatic rings. The van der Waals surface area contributed by atoms with E-state index in [0.717, 1.165) is 18.4 Å². The molecule has 0 spiro atoms. The van der Waals surface area contributed by atoms with Crippen molar-refractivity contribution in [1.29, 1.82) is 0 Å². The molecule has 2 aromatic carbocycles. The Morgan fingerprint density at radius 1 is 1.22 bits per heavy atom. The largest absolute Gasteiger partial charge is 0.399 e. The van der Waals surface area contributed by atoms with Crippen LogP contribution in [0.25, 0.3) is 0 Å². The maximum absolute atomic E-state index is 12.7. The Kier molecular flexibility index (Phi) is 4.42. The van der Waals surface area contributed by atoms with E-state index in [4.69, 9.17) is 0 Å². The second-order valence-corrected chi connectivity index (χ2v) is 5.71. The summed E-state index contributed by atoms with van der Waals surface area (Å²) in [5, 5.41) is 3.72. The molecule has 0 aromatic heterocycles. The molecule has 0 N–H and O–H groups in total. The Balaban J connectivity index is 1.77. The van der Waals surface area contributed by atoms with Crippen LogP contribution in [-0.4, -0.2) is 31.2 Å². The number of aryl methyl sites for hydroxylation is 1. The predicted molar refractivity (Wildman–Crippen MR) is 90.6 cm³/mol. The summed E-state index contributed by atoms with van der Waals surface area (Å²) < 4.78 is 0. The summed E-state index contributed by atoms with van der Waals surface area (Å²) in [4.78, 5) is 19.2. The first-order valence-corrected chi connectivity index (χ1v) is 7.72. The first-order valence-electron chi connectivity index (χ1n) is 7.72. The van der Waals surface area contributed by atoms with Crippen LogP contribution in [0.1, 0.15) is 39.5 Å². The Bertz CT molecular complexity index is 722. The molecule has 0 fully saturated rings. The van der Waals surface area contributed by atoms with Crippen molar-refractivity contribution in [2.24, 2.45) is 5.16 Å². The highest BCUT2D eigenvalue weighted by Crippen LogP contribution is 2.35. The number of hydrogen-bond donors (Lipinski definition) is 0. The molecule has 0 aliphatic heterocycles. The number of amides is 1. The molecule has 4 nitrogen and oxygen atoms in total. The number of rotatable bonds is 4. The summed E-state index contributed by atoms with van der Waals surface area (Å²) in [5.74, 6) is 0.0435. The number of fused-ring (bicyclic) bond motifs is 1. The molecule has 0 saturated heterocycles. The number of hydrogen-bond acceptors (Lipinski definition) is 3. The summed E-state index contributed by atoms with van der Waals surface area (Å²) in [6.45, 7) is 0. The van der Waals surface area contributed by atoms with Gasteiger partial charge in [0.05, 0.1) is 12.3 Å². The van der Waals surface area contributed by atoms with E-state index in [1.54, 1.807) is 6.21 Å². The highest BCUT2D eigenvalue weighted by Gasteiger charge is 2.28. The van der Waals surface area contributed by atoms with Crippen LogP contribution < -0.4 is 0 Å². The van der Waals surface area contributed by atoms with Crippen LogP contribution in [-0.2, 0) is 11.3 Å². The third kappa shape index (κ3) is 3.11. The number of oxime groups is 1. The van der Waals surface area contributed by atoms with E-state index >= 15 is 0 Å². The first-order chi connectivity index (χ1) is 11.2. The minimum absolute atomic E-state index is 0.0435. The van der Waals surface area contributed by atoms with Gasteiger partial charge in [-0.05, 0) is 41.7 Å². The van der Waals surface area contributed by atoms with Gasteiger partial charge < -0.3 is 9.74 Å². The fourth-order valence-corrected chi connectivity index (χ4v) is 3.11. The lowest BCUT2D eigenvalue weighted by Gasteiger charge is -2.25. The van der Waals surface area contributed by atoms with Gasteiger partial charge in [-0.25, -0.2) is 0 Å². The summed E-state index contributed by atoms with van der Waals surface area (Å²) in [7, 11) is 3.39. The Morgan fingerprint density at radius 3 is 2.70 bits per heavy atom. The minimum Gasteiger partial charge on any atom is -0.399 e. The molecule has 1 unspecified atom stereocenters. The molecule has 4 heteroatoms. The Morgan fingerprint density at radius 2 is 1.96 bits per heavy atom. The van der Waals surface area contributed by atoms with Crippen molar-refractivity contribution in [1.82, 2.24) is 4.90 Å². The summed E-state index contributed by atoms with van der Waals surface area (Å²) in [6.07, 6.45) is 3.64. The van der Waals surface area contributed by atoms with E-state index in [0.29, 0.717) is 5.56 Å². The molecule has 118 valence electrons. The normalized spacial score (nSPS) is 16.3. The van der Waals surface area contributed by atoms with Crippen LogP contribution in [0.2, 0.25) is 0 Å². The lowest BCUT2D eigenvalue weighted by atomic mass is 10.1. The van der Waals surface area contributed by atoms with Gasteiger partial charge in [-0.1, -0.05) is 41.6 Å². The molecule has 0 bridgehead atoms. The zero-order valence-electron chi connectivity index (χ0n) is 13.4. The molecule has 1 aliphatic carbocycles. The number of carbonyl (C=O) groups excluding carboxylic acids is 1. The molecule has 23 heavy (non-hydrogen) atoms. The van der Waals surface area contributed by atoms with Gasteiger partial charge in [0.1, 0.15) is 7.11 Å². The summed E-state index contributed by atoms with van der Waals surface area (Å²) in [6, 6.07) is 15.9. The van der Waals surface area contributed by atoms with Crippen molar-refractivity contribution >= 4 is 12.1 Å². The van der Waals surface area contributed by atoms with Crippen LogP contribution >= 0.6 is 0 Å². The molecule has 0 heterocycles. The molecule has 0 saturated carbocycles. The van der Waals surface area contributed by atoms with Crippen LogP contribution in [0.3, 0.4) is 0 Å². The maximum Gasteiger partial charge on any atom is 0.254 e. The van der Waals surface area contributed by atoms with E-state index in [1.165, 1.54) is 18.2 Å². The Hall–Kier alpha value is -2.62. The zero-order valence-corrected chi connectivity index (χ0v) is 13.4. The van der Waals surface area contributed by atoms with Gasteiger partial charge in [0.25, 0.3) is 5.91 Å². The quantitative estimate of drug-likeness (QED) is 0.641. The standard InChI is InChI=1S/C19H20N2O2/c1-21(18-12-11-15-5-3-4-6-17(15)18)19(22)16-9-7-14(8-10-16)13-20-23-2/h3-10,13,18H,11-12H2,1-2H3/b20-13+. The van der Waals surface area contributed by atoms with Crippen molar-refractivity contribution < 1.29 is 9.63 Å². The van der Waals surface area contributed by atoms with Crippen molar-refractivity contribution in [2.45, 2.75) is 18.9 Å². The van der Waals surface area contributed by atoms with Gasteiger partial charge in [0.15, 0.2) is 0 Å². The highest BCUT2D eigenvalue weighted by molar-refractivity contribution is 5.95.